The van der Waals surface area contributed by atoms with Crippen LogP contribution in [-0.4, -0.2) is 42.2 Å². The van der Waals surface area contributed by atoms with E-state index < -0.39 is 6.09 Å². The lowest BCUT2D eigenvalue weighted by molar-refractivity contribution is -0.113. The lowest BCUT2D eigenvalue weighted by Crippen LogP contribution is -2.36. The normalized spacial score (nSPS) is 20.0. The van der Waals surface area contributed by atoms with Crippen molar-refractivity contribution in [2.75, 3.05) is 13.2 Å². The van der Waals surface area contributed by atoms with Crippen LogP contribution in [0.5, 0.6) is 0 Å². The van der Waals surface area contributed by atoms with Crippen LogP contribution in [0.1, 0.15) is 45.7 Å². The second-order valence-corrected chi connectivity index (χ2v) is 9.15. The number of thiophene rings is 1. The highest BCUT2D eigenvalue weighted by Gasteiger charge is 2.28. The summed E-state index contributed by atoms with van der Waals surface area (Å²) in [5.74, 6) is -0.0646. The van der Waals surface area contributed by atoms with Gasteiger partial charge in [-0.1, -0.05) is 6.07 Å². The first kappa shape index (κ1) is 22.2. The zero-order valence-corrected chi connectivity index (χ0v) is 18.5. The van der Waals surface area contributed by atoms with Crippen molar-refractivity contribution in [3.8, 4) is 6.07 Å². The predicted octanol–water partition coefficient (Wildman–Crippen LogP) is 3.60. The monoisotopic (exact) mass is 451 g/mol. The fourth-order valence-electron chi connectivity index (χ4n) is 4.04. The maximum Gasteiger partial charge on any atom is 0.407 e. The molecule has 32 heavy (non-hydrogen) atoms. The van der Waals surface area contributed by atoms with Crippen molar-refractivity contribution < 1.29 is 19.1 Å². The lowest BCUT2D eigenvalue weighted by Gasteiger charge is -2.23. The van der Waals surface area contributed by atoms with Gasteiger partial charge in [0, 0.05) is 48.1 Å². The van der Waals surface area contributed by atoms with Gasteiger partial charge < -0.3 is 14.8 Å². The molecule has 0 radical (unpaired) electrons. The van der Waals surface area contributed by atoms with Gasteiger partial charge in [0.25, 0.3) is 0 Å². The van der Waals surface area contributed by atoms with E-state index >= 15 is 0 Å². The van der Waals surface area contributed by atoms with Gasteiger partial charge in [-0.25, -0.2) is 4.79 Å². The molecule has 3 heterocycles. The molecule has 0 saturated carbocycles. The van der Waals surface area contributed by atoms with Crippen LogP contribution in [0.4, 0.5) is 4.79 Å². The summed E-state index contributed by atoms with van der Waals surface area (Å²) in [5, 5.41) is 12.5. The number of allylic oxidation sites excluding steroid dienone is 1. The number of aromatic nitrogens is 1. The molecule has 0 bridgehead atoms. The van der Waals surface area contributed by atoms with Crippen LogP contribution in [0.25, 0.3) is 6.08 Å². The molecule has 1 aliphatic carbocycles. The Balaban J connectivity index is 1.35. The Labute approximate surface area is 191 Å². The molecule has 0 spiro atoms. The first-order valence-electron chi connectivity index (χ1n) is 10.8. The third-order valence-corrected chi connectivity index (χ3v) is 6.91. The van der Waals surface area contributed by atoms with E-state index in [0.29, 0.717) is 31.4 Å². The minimum Gasteiger partial charge on any atom is -0.446 e. The molecule has 8 heteroatoms. The standard InChI is InChI=1S/C24H25N3O4S/c25-13-21-20-8-7-18(31-24(29)27-15-19-4-2-10-30-19)12-23(20)32-22(21)11-17(28)6-5-16-3-1-9-26-14-16/h1,3,5-6,9,14,18-19H,2,4,7-8,10-12,15H2,(H,27,29)/b6-5+. The predicted molar refractivity (Wildman–Crippen MR) is 120 cm³/mol. The summed E-state index contributed by atoms with van der Waals surface area (Å²) in [6.45, 7) is 1.21. The second-order valence-electron chi connectivity index (χ2n) is 7.96. The highest BCUT2D eigenvalue weighted by Crippen LogP contribution is 2.35. The molecule has 1 N–H and O–H groups in total. The molecule has 2 unspecified atom stereocenters. The Morgan fingerprint density at radius 3 is 3.06 bits per heavy atom. The Bertz CT molecular complexity index is 1040. The Kier molecular flexibility index (Phi) is 7.30. The van der Waals surface area contributed by atoms with E-state index in [1.54, 1.807) is 18.5 Å². The van der Waals surface area contributed by atoms with Gasteiger partial charge >= 0.3 is 6.09 Å². The van der Waals surface area contributed by atoms with E-state index in [1.807, 2.05) is 12.1 Å². The average molecular weight is 452 g/mol. The Morgan fingerprint density at radius 1 is 1.41 bits per heavy atom. The minimum atomic E-state index is -0.429. The van der Waals surface area contributed by atoms with Crippen LogP contribution in [0.15, 0.2) is 30.6 Å². The van der Waals surface area contributed by atoms with Gasteiger partial charge in [-0.3, -0.25) is 9.78 Å². The fourth-order valence-corrected chi connectivity index (χ4v) is 5.42. The van der Waals surface area contributed by atoms with Gasteiger partial charge in [-0.05, 0) is 55.0 Å². The highest BCUT2D eigenvalue weighted by atomic mass is 32.1. The van der Waals surface area contributed by atoms with Crippen molar-refractivity contribution in [2.45, 2.75) is 50.7 Å². The summed E-state index contributed by atoms with van der Waals surface area (Å²) in [6.07, 6.45) is 10.1. The molecule has 1 fully saturated rings. The number of carbonyl (C=O) groups is 2. The molecule has 1 aliphatic heterocycles. The quantitative estimate of drug-likeness (QED) is 0.646. The van der Waals surface area contributed by atoms with E-state index in [-0.39, 0.29) is 24.4 Å². The SMILES string of the molecule is N#Cc1c(CC(=O)/C=C/c2cccnc2)sc2c1CCC(OC(=O)NCC1CCCO1)C2. The van der Waals surface area contributed by atoms with Gasteiger partial charge in [-0.2, -0.15) is 5.26 Å². The van der Waals surface area contributed by atoms with E-state index in [0.717, 1.165) is 40.3 Å². The molecule has 166 valence electrons. The number of nitrogens with zero attached hydrogens (tertiary/aromatic N) is 2. The number of nitrogens with one attached hydrogen (secondary N) is 1. The van der Waals surface area contributed by atoms with Crippen LogP contribution in [0, 0.1) is 11.3 Å². The number of alkyl carbamates (subject to hydrolysis) is 1. The third kappa shape index (κ3) is 5.61. The number of pyridine rings is 1. The first-order chi connectivity index (χ1) is 15.6. The third-order valence-electron chi connectivity index (χ3n) is 5.66. The largest absolute Gasteiger partial charge is 0.446 e. The summed E-state index contributed by atoms with van der Waals surface area (Å²) < 4.78 is 11.1. The topological polar surface area (TPSA) is 101 Å². The van der Waals surface area contributed by atoms with Crippen LogP contribution >= 0.6 is 11.3 Å². The van der Waals surface area contributed by atoms with Crippen LogP contribution in [0.3, 0.4) is 0 Å². The Morgan fingerprint density at radius 2 is 2.31 bits per heavy atom. The Hall–Kier alpha value is -3.02. The zero-order valence-electron chi connectivity index (χ0n) is 17.7. The second kappa shape index (κ2) is 10.5. The average Bonchev–Trinajstić information content (AvgIpc) is 3.44. The van der Waals surface area contributed by atoms with Crippen molar-refractivity contribution in [3.05, 3.63) is 57.0 Å². The summed E-state index contributed by atoms with van der Waals surface area (Å²) in [7, 11) is 0. The zero-order chi connectivity index (χ0) is 22.3. The van der Waals surface area contributed by atoms with Crippen LogP contribution < -0.4 is 5.32 Å². The number of fused-ring (bicyclic) bond motifs is 1. The smallest absolute Gasteiger partial charge is 0.407 e. The van der Waals surface area contributed by atoms with Crippen molar-refractivity contribution in [1.82, 2.24) is 10.3 Å². The summed E-state index contributed by atoms with van der Waals surface area (Å²) >= 11 is 1.48. The molecule has 7 nitrogen and oxygen atoms in total. The number of amides is 1. The highest BCUT2D eigenvalue weighted by molar-refractivity contribution is 7.12. The summed E-state index contributed by atoms with van der Waals surface area (Å²) in [5.41, 5.74) is 2.45. The molecule has 0 aromatic carbocycles. The molecule has 2 aliphatic rings. The van der Waals surface area contributed by atoms with Gasteiger partial charge in [-0.15, -0.1) is 11.3 Å². The maximum atomic E-state index is 12.5. The molecule has 2 aromatic rings. The van der Waals surface area contributed by atoms with Crippen molar-refractivity contribution in [3.63, 3.8) is 0 Å². The number of nitriles is 1. The number of ether oxygens (including phenoxy) is 2. The van der Waals surface area contributed by atoms with E-state index in [2.05, 4.69) is 16.4 Å². The van der Waals surface area contributed by atoms with E-state index in [9.17, 15) is 14.9 Å². The first-order valence-corrected chi connectivity index (χ1v) is 11.6. The van der Waals surface area contributed by atoms with Gasteiger partial charge in [0.05, 0.1) is 11.7 Å². The fraction of sp³-hybridized carbons (Fsp3) is 0.417. The molecular formula is C24H25N3O4S. The van der Waals surface area contributed by atoms with Gasteiger partial charge in [0.15, 0.2) is 5.78 Å². The number of rotatable bonds is 7. The van der Waals surface area contributed by atoms with Crippen molar-refractivity contribution >= 4 is 29.3 Å². The molecule has 1 saturated heterocycles. The van der Waals surface area contributed by atoms with Crippen LogP contribution in [-0.2, 0) is 33.5 Å². The number of ketones is 1. The molecule has 2 aromatic heterocycles. The van der Waals surface area contributed by atoms with Crippen molar-refractivity contribution in [1.29, 1.82) is 5.26 Å². The van der Waals surface area contributed by atoms with Gasteiger partial charge in [0.1, 0.15) is 12.2 Å². The molecule has 1 amide bonds. The molecule has 2 atom stereocenters. The number of hydrogen-bond acceptors (Lipinski definition) is 7. The van der Waals surface area contributed by atoms with Gasteiger partial charge in [0.2, 0.25) is 0 Å². The minimum absolute atomic E-state index is 0.0646. The van der Waals surface area contributed by atoms with Crippen LogP contribution in [0.2, 0.25) is 0 Å². The van der Waals surface area contributed by atoms with Crippen molar-refractivity contribution in [2.24, 2.45) is 0 Å². The molecule has 4 rings (SSSR count). The molecular weight excluding hydrogens is 426 g/mol. The lowest BCUT2D eigenvalue weighted by atomic mass is 9.92. The summed E-state index contributed by atoms with van der Waals surface area (Å²) in [6, 6.07) is 5.97. The van der Waals surface area contributed by atoms with E-state index in [4.69, 9.17) is 9.47 Å². The maximum absolute atomic E-state index is 12.5. The number of carbonyl (C=O) groups excluding carboxylic acids is 2. The number of hydrogen-bond donors (Lipinski definition) is 1. The van der Waals surface area contributed by atoms with E-state index in [1.165, 1.54) is 17.4 Å². The summed E-state index contributed by atoms with van der Waals surface area (Å²) in [4.78, 5) is 30.4.